The van der Waals surface area contributed by atoms with Gasteiger partial charge in [0.25, 0.3) is 0 Å². The fraction of sp³-hybridized carbons (Fsp3) is 0.577. The smallest absolute Gasteiger partial charge is 0.407 e. The Balaban J connectivity index is 0.797. The molecule has 16 heteroatoms. The highest BCUT2D eigenvalue weighted by atomic mass is 16.5. The zero-order chi connectivity index (χ0) is 47.1. The standard InChI is InChI=1S/C52H66N8O8/c1-29-5-19-41(59(29)49(61)45(57-51(63)65-3)37-21-23-67-43(25-37)35-15-16-35)47-53-27-39(55-47)33-11-7-31(8-12-33)32-9-13-34(14-10-32)40-28-54-48(56-40)42-20-6-30(2)60(42)50(62)46(58-52(64)66-4)38-22-24-68-44(26-38)36-17-18-36/h7-14,27-30,35-38,41-46H,5-6,15-26H2,1-4H3,(H,53,55)(H,54,56)(H,57,63)(H,58,64)/t29-,30-,37+,38+,41-,42-,43+,44?,45-,46-/m0/s1. The van der Waals surface area contributed by atoms with E-state index in [2.05, 4.69) is 83.0 Å². The van der Waals surface area contributed by atoms with E-state index in [-0.39, 0.29) is 60.0 Å². The Morgan fingerprint density at radius 3 is 1.32 bits per heavy atom. The van der Waals surface area contributed by atoms with Crippen molar-refractivity contribution >= 4 is 24.0 Å². The van der Waals surface area contributed by atoms with Gasteiger partial charge in [0.2, 0.25) is 11.8 Å². The van der Waals surface area contributed by atoms with E-state index in [0.717, 1.165) is 109 Å². The van der Waals surface area contributed by atoms with Crippen molar-refractivity contribution in [3.8, 4) is 33.6 Å². The van der Waals surface area contributed by atoms with Gasteiger partial charge in [0, 0.05) is 25.3 Å². The van der Waals surface area contributed by atoms with Crippen LogP contribution < -0.4 is 10.6 Å². The number of hydrogen-bond acceptors (Lipinski definition) is 10. The first-order valence-electron chi connectivity index (χ1n) is 24.9. The van der Waals surface area contributed by atoms with E-state index in [1.807, 2.05) is 22.2 Å². The predicted octanol–water partition coefficient (Wildman–Crippen LogP) is 8.10. The maximum atomic E-state index is 14.5. The summed E-state index contributed by atoms with van der Waals surface area (Å²) in [4.78, 5) is 74.7. The quantitative estimate of drug-likeness (QED) is 0.102. The van der Waals surface area contributed by atoms with Gasteiger partial charge >= 0.3 is 12.2 Å². The number of nitrogens with zero attached hydrogens (tertiary/aromatic N) is 4. The first-order valence-corrected chi connectivity index (χ1v) is 24.9. The van der Waals surface area contributed by atoms with Crippen molar-refractivity contribution in [1.82, 2.24) is 40.4 Å². The first-order chi connectivity index (χ1) is 33.1. The molecule has 2 aromatic heterocycles. The minimum absolute atomic E-state index is 0.0153. The van der Waals surface area contributed by atoms with E-state index >= 15 is 0 Å². The Morgan fingerprint density at radius 1 is 0.574 bits per heavy atom. The molecule has 10 rings (SSSR count). The lowest BCUT2D eigenvalue weighted by Crippen LogP contribution is -2.55. The molecule has 2 saturated carbocycles. The minimum Gasteiger partial charge on any atom is -0.453 e. The Kier molecular flexibility index (Phi) is 13.3. The normalized spacial score (nSPS) is 28.2. The van der Waals surface area contributed by atoms with Gasteiger partial charge in [-0.15, -0.1) is 0 Å². The number of H-pyrrole nitrogens is 2. The number of methoxy groups -OCH3 is 2. The van der Waals surface area contributed by atoms with E-state index in [4.69, 9.17) is 28.9 Å². The lowest BCUT2D eigenvalue weighted by molar-refractivity contribution is -0.140. The number of aromatic nitrogens is 4. The van der Waals surface area contributed by atoms with Crippen LogP contribution in [0.4, 0.5) is 9.59 Å². The van der Waals surface area contributed by atoms with Crippen LogP contribution in [0.1, 0.15) is 115 Å². The summed E-state index contributed by atoms with van der Waals surface area (Å²) in [6.45, 7) is 5.31. The zero-order valence-electron chi connectivity index (χ0n) is 39.7. The number of benzene rings is 2. The van der Waals surface area contributed by atoms with Crippen LogP contribution in [0.2, 0.25) is 0 Å². The maximum Gasteiger partial charge on any atom is 0.407 e. The highest BCUT2D eigenvalue weighted by Crippen LogP contribution is 2.44. The van der Waals surface area contributed by atoms with Gasteiger partial charge in [-0.25, -0.2) is 19.6 Å². The summed E-state index contributed by atoms with van der Waals surface area (Å²) in [6, 6.07) is 14.8. The van der Waals surface area contributed by atoms with E-state index in [0.29, 0.717) is 37.9 Å². The van der Waals surface area contributed by atoms with Crippen molar-refractivity contribution in [3.05, 3.63) is 72.6 Å². The molecular weight excluding hydrogens is 865 g/mol. The molecule has 4 aliphatic heterocycles. The molecule has 10 atom stereocenters. The van der Waals surface area contributed by atoms with E-state index in [9.17, 15) is 19.2 Å². The summed E-state index contributed by atoms with van der Waals surface area (Å²) in [7, 11) is 2.66. The molecule has 362 valence electrons. The van der Waals surface area contributed by atoms with Crippen LogP contribution in [0.25, 0.3) is 33.6 Å². The highest BCUT2D eigenvalue weighted by molar-refractivity contribution is 5.88. The molecule has 4 N–H and O–H groups in total. The second-order valence-electron chi connectivity index (χ2n) is 20.2. The Hall–Kier alpha value is -5.74. The second-order valence-corrected chi connectivity index (χ2v) is 20.2. The molecular formula is C52H66N8O8. The lowest BCUT2D eigenvalue weighted by atomic mass is 9.86. The van der Waals surface area contributed by atoms with Crippen LogP contribution >= 0.6 is 0 Å². The highest BCUT2D eigenvalue weighted by Gasteiger charge is 2.47. The molecule has 4 saturated heterocycles. The predicted molar refractivity (Wildman–Crippen MR) is 253 cm³/mol. The van der Waals surface area contributed by atoms with Crippen LogP contribution in [0.3, 0.4) is 0 Å². The third-order valence-electron chi connectivity index (χ3n) is 15.8. The number of carbonyl (C=O) groups is 4. The molecule has 2 aromatic carbocycles. The average Bonchev–Trinajstić information content (AvgIpc) is 4.21. The summed E-state index contributed by atoms with van der Waals surface area (Å²) in [5.74, 6) is 2.30. The van der Waals surface area contributed by atoms with Crippen molar-refractivity contribution in [1.29, 1.82) is 0 Å². The number of hydrogen-bond donors (Lipinski definition) is 4. The maximum absolute atomic E-state index is 14.5. The number of ether oxygens (including phenoxy) is 4. The molecule has 4 aromatic rings. The molecule has 6 fully saturated rings. The minimum atomic E-state index is -0.702. The first kappa shape index (κ1) is 46.0. The SMILES string of the molecule is COC(=O)N[C@H](C(=O)N1[C@@H](C)CC[C@H]1c1ncc(-c2ccc(-c3ccc(-c4cnc([C@@H]5CC[C@H](C)N5C(=O)[C@@H](NC(=O)OC)[C@@H]5CCO[C@@H](C6CC6)C5)[nH]4)cc3)cc2)[nH]1)[C@@H]1CCOC(C2CC2)C1. The number of alkyl carbamates (subject to hydrolysis) is 2. The molecule has 0 radical (unpaired) electrons. The van der Waals surface area contributed by atoms with Crippen LogP contribution in [0, 0.1) is 23.7 Å². The summed E-state index contributed by atoms with van der Waals surface area (Å²) < 4.78 is 22.1. The molecule has 4 amide bonds. The van der Waals surface area contributed by atoms with Gasteiger partial charge in [0.1, 0.15) is 23.7 Å². The summed E-state index contributed by atoms with van der Waals surface area (Å²) >= 11 is 0. The number of aromatic amines is 2. The molecule has 2 aliphatic carbocycles. The van der Waals surface area contributed by atoms with Crippen molar-refractivity contribution < 1.29 is 38.1 Å². The van der Waals surface area contributed by atoms with Gasteiger partial charge in [-0.3, -0.25) is 9.59 Å². The van der Waals surface area contributed by atoms with Crippen LogP contribution in [0.5, 0.6) is 0 Å². The lowest BCUT2D eigenvalue weighted by Gasteiger charge is -2.38. The largest absolute Gasteiger partial charge is 0.453 e. The molecule has 16 nitrogen and oxygen atoms in total. The van der Waals surface area contributed by atoms with Crippen LogP contribution in [-0.4, -0.2) is 118 Å². The summed E-state index contributed by atoms with van der Waals surface area (Å²) in [5, 5.41) is 5.83. The van der Waals surface area contributed by atoms with E-state index in [1.165, 1.54) is 14.2 Å². The number of imidazole rings is 2. The fourth-order valence-electron chi connectivity index (χ4n) is 11.6. The molecule has 6 heterocycles. The number of amides is 4. The third kappa shape index (κ3) is 9.63. The monoisotopic (exact) mass is 931 g/mol. The van der Waals surface area contributed by atoms with Crippen molar-refractivity contribution in [2.24, 2.45) is 23.7 Å². The molecule has 6 aliphatic rings. The second kappa shape index (κ2) is 19.7. The van der Waals surface area contributed by atoms with Crippen molar-refractivity contribution in [2.75, 3.05) is 27.4 Å². The summed E-state index contributed by atoms with van der Waals surface area (Å²) in [6.07, 6.45) is 13.5. The van der Waals surface area contributed by atoms with E-state index < -0.39 is 24.3 Å². The number of rotatable bonds is 13. The molecule has 0 spiro atoms. The van der Waals surface area contributed by atoms with Crippen molar-refractivity contribution in [2.45, 2.75) is 139 Å². The Labute approximate surface area is 398 Å². The summed E-state index contributed by atoms with van der Waals surface area (Å²) in [5.41, 5.74) is 5.81. The van der Waals surface area contributed by atoms with Crippen LogP contribution in [0.15, 0.2) is 60.9 Å². The number of carbonyl (C=O) groups excluding carboxylic acids is 4. The Morgan fingerprint density at radius 2 is 0.956 bits per heavy atom. The molecule has 0 bridgehead atoms. The molecule has 68 heavy (non-hydrogen) atoms. The fourth-order valence-corrected chi connectivity index (χ4v) is 11.6. The number of nitrogens with one attached hydrogen (secondary N) is 4. The average molecular weight is 931 g/mol. The van der Waals surface area contributed by atoms with Gasteiger partial charge in [-0.05, 0) is 137 Å². The van der Waals surface area contributed by atoms with Crippen molar-refractivity contribution in [3.63, 3.8) is 0 Å². The van der Waals surface area contributed by atoms with Gasteiger partial charge < -0.3 is 49.3 Å². The third-order valence-corrected chi connectivity index (χ3v) is 15.8. The van der Waals surface area contributed by atoms with E-state index in [1.54, 1.807) is 0 Å². The number of likely N-dealkylation sites (tertiary alicyclic amines) is 2. The molecule has 1 unspecified atom stereocenters. The zero-order valence-corrected chi connectivity index (χ0v) is 39.7. The van der Waals surface area contributed by atoms with Gasteiger partial charge in [0.15, 0.2) is 0 Å². The van der Waals surface area contributed by atoms with Gasteiger partial charge in [0.05, 0.1) is 62.3 Å². The van der Waals surface area contributed by atoms with Gasteiger partial charge in [-0.1, -0.05) is 48.5 Å². The van der Waals surface area contributed by atoms with Crippen LogP contribution in [-0.2, 0) is 28.5 Å². The van der Waals surface area contributed by atoms with Gasteiger partial charge in [-0.2, -0.15) is 0 Å². The Bertz CT molecular complexity index is 2260. The topological polar surface area (TPSA) is 193 Å².